The van der Waals surface area contributed by atoms with Gasteiger partial charge in [-0.3, -0.25) is 10.1 Å². The van der Waals surface area contributed by atoms with Crippen LogP contribution in [0.2, 0.25) is 10.0 Å². The Bertz CT molecular complexity index is 1540. The fraction of sp³-hybridized carbons (Fsp3) is 0.192. The summed E-state index contributed by atoms with van der Waals surface area (Å²) in [6, 6.07) is 14.3. The molecular weight excluding hydrogens is 556 g/mol. The smallest absolute Gasteiger partial charge is 0.321 e. The minimum Gasteiger partial charge on any atom is -0.508 e. The minimum absolute atomic E-state index is 0.00733. The molecule has 0 amide bonds. The number of hydrogen-bond acceptors (Lipinski definition) is 6. The first-order valence-corrected chi connectivity index (χ1v) is 15.7. The highest BCUT2D eigenvalue weighted by molar-refractivity contribution is 7.90. The van der Waals surface area contributed by atoms with Crippen LogP contribution in [0.3, 0.4) is 0 Å². The molecule has 0 aromatic heterocycles. The number of rotatable bonds is 8. The van der Waals surface area contributed by atoms with Crippen LogP contribution in [-0.2, 0) is 32.2 Å². The van der Waals surface area contributed by atoms with E-state index < -0.39 is 29.0 Å². The number of halogens is 2. The molecule has 0 fully saturated rings. The average Bonchev–Trinajstić information content (AvgIpc) is 2.81. The maximum atomic E-state index is 13.0. The molecule has 0 aliphatic heterocycles. The number of carboxylic acid groups (broad SMARTS) is 1. The SMILES string of the molecule is CP(=O)(C#Cc1cc(Cl)c(CNC(Cc2cccc(S(C)(=O)=O)c2)C(=O)O)c(Cl)c1)c1cccc(O)c1. The standard InChI is InChI=1S/C26H24Cl2NO6PS/c1-36(33,20-7-4-6-19(30)15-20)10-9-18-12-23(27)22(24(28)13-18)16-29-25(26(31)32)14-17-5-3-8-21(11-17)37(2,34)35/h3-8,11-13,15,25,29-30H,14,16H2,1-2H3,(H,31,32). The van der Waals surface area contributed by atoms with Crippen molar-refractivity contribution in [3.63, 3.8) is 0 Å². The molecule has 0 saturated carbocycles. The van der Waals surface area contributed by atoms with Gasteiger partial charge in [-0.05, 0) is 54.0 Å². The fourth-order valence-corrected chi connectivity index (χ4v) is 5.98. The normalized spacial score (nSPS) is 13.7. The number of carbonyl (C=O) groups is 1. The summed E-state index contributed by atoms with van der Waals surface area (Å²) in [5.41, 5.74) is 4.16. The van der Waals surface area contributed by atoms with Crippen LogP contribution in [0.4, 0.5) is 0 Å². The minimum atomic E-state index is -3.43. The molecule has 3 aromatic carbocycles. The van der Waals surface area contributed by atoms with Crippen molar-refractivity contribution < 1.29 is 28.0 Å². The van der Waals surface area contributed by atoms with Crippen molar-refractivity contribution in [1.82, 2.24) is 5.32 Å². The number of hydrogen-bond donors (Lipinski definition) is 3. The summed E-state index contributed by atoms with van der Waals surface area (Å²) >= 11 is 12.8. The summed E-state index contributed by atoms with van der Waals surface area (Å²) in [4.78, 5) is 11.9. The van der Waals surface area contributed by atoms with Crippen LogP contribution < -0.4 is 10.6 Å². The zero-order valence-electron chi connectivity index (χ0n) is 19.9. The Hall–Kier alpha value is -2.79. The maximum Gasteiger partial charge on any atom is 0.321 e. The van der Waals surface area contributed by atoms with E-state index in [4.69, 9.17) is 23.2 Å². The molecule has 2 unspecified atom stereocenters. The molecule has 7 nitrogen and oxygen atoms in total. The number of aliphatic carboxylic acids is 1. The fourth-order valence-electron chi connectivity index (χ4n) is 3.45. The summed E-state index contributed by atoms with van der Waals surface area (Å²) in [7, 11) is -6.51. The topological polar surface area (TPSA) is 121 Å². The van der Waals surface area contributed by atoms with Crippen LogP contribution in [0.5, 0.6) is 5.75 Å². The van der Waals surface area contributed by atoms with Gasteiger partial charge in [-0.25, -0.2) is 8.42 Å². The van der Waals surface area contributed by atoms with E-state index in [1.807, 2.05) is 0 Å². The van der Waals surface area contributed by atoms with Gasteiger partial charge in [0.1, 0.15) is 11.8 Å². The molecule has 11 heteroatoms. The Kier molecular flexibility index (Phi) is 9.12. The lowest BCUT2D eigenvalue weighted by Crippen LogP contribution is -2.38. The number of phenols is 1. The van der Waals surface area contributed by atoms with Crippen molar-refractivity contribution in [2.75, 3.05) is 12.9 Å². The van der Waals surface area contributed by atoms with E-state index in [1.54, 1.807) is 36.4 Å². The third kappa shape index (κ3) is 7.85. The summed E-state index contributed by atoms with van der Waals surface area (Å²) in [5, 5.41) is 23.1. The van der Waals surface area contributed by atoms with Gasteiger partial charge in [0.15, 0.2) is 17.0 Å². The van der Waals surface area contributed by atoms with Crippen molar-refractivity contribution in [1.29, 1.82) is 0 Å². The highest BCUT2D eigenvalue weighted by Gasteiger charge is 2.20. The Labute approximate surface area is 225 Å². The first-order chi connectivity index (χ1) is 17.3. The van der Waals surface area contributed by atoms with E-state index >= 15 is 0 Å². The molecule has 37 heavy (non-hydrogen) atoms. The third-order valence-electron chi connectivity index (χ3n) is 5.47. The van der Waals surface area contributed by atoms with E-state index in [1.165, 1.54) is 30.9 Å². The number of aromatic hydroxyl groups is 1. The molecule has 3 N–H and O–H groups in total. The van der Waals surface area contributed by atoms with E-state index in [0.717, 1.165) is 6.26 Å². The number of nitrogens with one attached hydrogen (secondary N) is 1. The van der Waals surface area contributed by atoms with Crippen LogP contribution in [0, 0.1) is 11.6 Å². The average molecular weight is 580 g/mol. The Morgan fingerprint density at radius 1 is 1.08 bits per heavy atom. The summed E-state index contributed by atoms with van der Waals surface area (Å²) < 4.78 is 36.6. The zero-order chi connectivity index (χ0) is 27.4. The lowest BCUT2D eigenvalue weighted by Gasteiger charge is -2.16. The molecule has 3 aromatic rings. The van der Waals surface area contributed by atoms with Gasteiger partial charge in [-0.2, -0.15) is 0 Å². The van der Waals surface area contributed by atoms with E-state index in [0.29, 0.717) is 22.0 Å². The second kappa shape index (κ2) is 11.7. The van der Waals surface area contributed by atoms with Gasteiger partial charge in [0.25, 0.3) is 0 Å². The molecule has 194 valence electrons. The quantitative estimate of drug-likeness (QED) is 0.265. The van der Waals surface area contributed by atoms with Gasteiger partial charge in [-0.15, -0.1) is 0 Å². The lowest BCUT2D eigenvalue weighted by atomic mass is 10.1. The Morgan fingerprint density at radius 2 is 1.73 bits per heavy atom. The molecular formula is C26H24Cl2NO6PS. The number of sulfone groups is 1. The lowest BCUT2D eigenvalue weighted by molar-refractivity contribution is -0.139. The molecule has 0 aliphatic carbocycles. The van der Waals surface area contributed by atoms with Crippen molar-refractivity contribution >= 4 is 51.5 Å². The second-order valence-corrected chi connectivity index (χ2v) is 13.9. The Morgan fingerprint density at radius 3 is 2.32 bits per heavy atom. The van der Waals surface area contributed by atoms with Crippen LogP contribution >= 0.6 is 30.3 Å². The predicted octanol–water partition coefficient (Wildman–Crippen LogP) is 4.52. The molecule has 0 saturated heterocycles. The first kappa shape index (κ1) is 28.8. The van der Waals surface area contributed by atoms with Gasteiger partial charge in [0, 0.05) is 45.9 Å². The predicted molar refractivity (Wildman–Crippen MR) is 146 cm³/mol. The monoisotopic (exact) mass is 579 g/mol. The molecule has 0 aliphatic rings. The third-order valence-corrected chi connectivity index (χ3v) is 9.05. The van der Waals surface area contributed by atoms with Crippen LogP contribution in [0.15, 0.2) is 65.6 Å². The second-order valence-electron chi connectivity index (χ2n) is 8.49. The van der Waals surface area contributed by atoms with Gasteiger partial charge in [0.2, 0.25) is 0 Å². The van der Waals surface area contributed by atoms with Gasteiger partial charge in [-0.1, -0.05) is 53.4 Å². The molecule has 2 atom stereocenters. The van der Waals surface area contributed by atoms with E-state index in [-0.39, 0.29) is 33.7 Å². The number of benzene rings is 3. The van der Waals surface area contributed by atoms with Crippen LogP contribution in [0.25, 0.3) is 0 Å². The highest BCUT2D eigenvalue weighted by atomic mass is 35.5. The van der Waals surface area contributed by atoms with E-state index in [9.17, 15) is 28.0 Å². The Balaban J connectivity index is 1.77. The number of phenolic OH excluding ortho intramolecular Hbond substituents is 1. The molecule has 0 bridgehead atoms. The summed E-state index contributed by atoms with van der Waals surface area (Å²) in [6.45, 7) is 1.53. The van der Waals surface area contributed by atoms with Gasteiger partial charge in [0.05, 0.1) is 4.90 Å². The van der Waals surface area contributed by atoms with Crippen molar-refractivity contribution in [3.05, 3.63) is 87.4 Å². The van der Waals surface area contributed by atoms with Gasteiger partial charge < -0.3 is 14.8 Å². The molecule has 0 spiro atoms. The van der Waals surface area contributed by atoms with E-state index in [2.05, 4.69) is 16.9 Å². The molecule has 0 heterocycles. The van der Waals surface area contributed by atoms with Crippen molar-refractivity contribution in [3.8, 4) is 17.3 Å². The number of carboxylic acids is 1. The molecule has 0 radical (unpaired) electrons. The molecule has 3 rings (SSSR count). The summed E-state index contributed by atoms with van der Waals surface area (Å²) in [6.07, 6.45) is 1.13. The first-order valence-electron chi connectivity index (χ1n) is 10.9. The van der Waals surface area contributed by atoms with Gasteiger partial charge >= 0.3 is 5.97 Å². The zero-order valence-corrected chi connectivity index (χ0v) is 23.1. The highest BCUT2D eigenvalue weighted by Crippen LogP contribution is 2.39. The van der Waals surface area contributed by atoms with Crippen molar-refractivity contribution in [2.45, 2.75) is 23.9 Å². The largest absolute Gasteiger partial charge is 0.508 e. The van der Waals surface area contributed by atoms with Crippen LogP contribution in [-0.4, -0.2) is 43.6 Å². The van der Waals surface area contributed by atoms with Crippen molar-refractivity contribution in [2.24, 2.45) is 0 Å². The van der Waals surface area contributed by atoms with Crippen LogP contribution in [0.1, 0.15) is 16.7 Å². The maximum absolute atomic E-state index is 13.0. The summed E-state index contributed by atoms with van der Waals surface area (Å²) in [5.74, 6) is 1.69.